The number of rotatable bonds is 5. The fraction of sp³-hybridized carbons (Fsp3) is 0.350. The number of imidazole rings is 1. The number of benzene rings is 1. The van der Waals surface area contributed by atoms with Crippen LogP contribution in [0.4, 0.5) is 13.2 Å². The zero-order chi connectivity index (χ0) is 21.3. The van der Waals surface area contributed by atoms with Gasteiger partial charge in [-0.25, -0.2) is 9.50 Å². The van der Waals surface area contributed by atoms with E-state index in [1.807, 2.05) is 52.0 Å². The lowest BCUT2D eigenvalue weighted by atomic mass is 10.0. The van der Waals surface area contributed by atoms with Crippen LogP contribution >= 0.6 is 11.3 Å². The molecule has 0 bridgehead atoms. The summed E-state index contributed by atoms with van der Waals surface area (Å²) in [5.74, 6) is -0.0763. The Balaban J connectivity index is 2.07. The summed E-state index contributed by atoms with van der Waals surface area (Å²) in [4.78, 5) is 16.7. The molecule has 1 aromatic carbocycles. The maximum atomic E-state index is 13.1. The number of carbonyl (C=O) groups is 1. The van der Waals surface area contributed by atoms with Gasteiger partial charge in [0.2, 0.25) is 15.9 Å². The van der Waals surface area contributed by atoms with Crippen LogP contribution < -0.4 is 5.32 Å². The summed E-state index contributed by atoms with van der Waals surface area (Å²) in [5, 5.41) is 5.55. The number of nitrogens with one attached hydrogen (secondary N) is 1. The minimum Gasteiger partial charge on any atom is -0.350 e. The van der Waals surface area contributed by atoms with Crippen LogP contribution in [0.1, 0.15) is 37.0 Å². The number of nitrogens with zero attached hydrogens (tertiary/aromatic N) is 3. The molecule has 2 aromatic heterocycles. The maximum Gasteiger partial charge on any atom is 0.445 e. The van der Waals surface area contributed by atoms with E-state index in [2.05, 4.69) is 15.4 Å². The smallest absolute Gasteiger partial charge is 0.350 e. The molecule has 0 spiro atoms. The first-order valence-corrected chi connectivity index (χ1v) is 9.91. The monoisotopic (exact) mass is 422 g/mol. The van der Waals surface area contributed by atoms with E-state index in [9.17, 15) is 18.0 Å². The minimum atomic E-state index is -4.56. The number of aryl methyl sites for hydroxylation is 1. The van der Waals surface area contributed by atoms with E-state index in [0.29, 0.717) is 22.7 Å². The molecule has 9 heteroatoms. The third-order valence-corrected chi connectivity index (χ3v) is 5.60. The zero-order valence-corrected chi connectivity index (χ0v) is 17.2. The van der Waals surface area contributed by atoms with Gasteiger partial charge in [0, 0.05) is 17.7 Å². The second-order valence-electron chi connectivity index (χ2n) is 7.13. The van der Waals surface area contributed by atoms with E-state index < -0.39 is 11.2 Å². The van der Waals surface area contributed by atoms with Crippen molar-refractivity contribution in [1.29, 1.82) is 0 Å². The average molecular weight is 422 g/mol. The van der Waals surface area contributed by atoms with Gasteiger partial charge in [0.1, 0.15) is 0 Å². The fourth-order valence-electron chi connectivity index (χ4n) is 2.66. The van der Waals surface area contributed by atoms with Crippen molar-refractivity contribution >= 4 is 28.3 Å². The van der Waals surface area contributed by atoms with Gasteiger partial charge in [-0.15, -0.1) is 5.10 Å². The highest BCUT2D eigenvalue weighted by atomic mass is 32.1. The van der Waals surface area contributed by atoms with Crippen LogP contribution in [-0.4, -0.2) is 26.5 Å². The predicted molar refractivity (Wildman–Crippen MR) is 108 cm³/mol. The van der Waals surface area contributed by atoms with Crippen LogP contribution in [0.5, 0.6) is 0 Å². The van der Waals surface area contributed by atoms with Crippen molar-refractivity contribution in [2.75, 3.05) is 0 Å². The molecule has 3 aromatic rings. The first kappa shape index (κ1) is 21.0. The van der Waals surface area contributed by atoms with Gasteiger partial charge in [-0.2, -0.15) is 13.2 Å². The highest BCUT2D eigenvalue weighted by Gasteiger charge is 2.36. The Labute approximate surface area is 170 Å². The number of hydrogen-bond donors (Lipinski definition) is 1. The molecule has 0 aliphatic rings. The summed E-state index contributed by atoms with van der Waals surface area (Å²) in [6.45, 7) is 7.75. The van der Waals surface area contributed by atoms with Gasteiger partial charge in [0.15, 0.2) is 0 Å². The molecule has 5 nitrogen and oxygen atoms in total. The molecule has 1 unspecified atom stereocenters. The van der Waals surface area contributed by atoms with Crippen LogP contribution in [-0.2, 0) is 11.0 Å². The lowest BCUT2D eigenvalue weighted by Gasteiger charge is -2.15. The second kappa shape index (κ2) is 7.98. The first-order chi connectivity index (χ1) is 13.6. The number of alkyl halides is 3. The molecule has 1 amide bonds. The zero-order valence-electron chi connectivity index (χ0n) is 16.4. The minimum absolute atomic E-state index is 0.0375. The summed E-state index contributed by atoms with van der Waals surface area (Å²) >= 11 is 0.470. The number of fused-ring (bicyclic) bond motifs is 1. The van der Waals surface area contributed by atoms with E-state index in [1.54, 1.807) is 0 Å². The van der Waals surface area contributed by atoms with Gasteiger partial charge >= 0.3 is 6.18 Å². The maximum absolute atomic E-state index is 13.1. The van der Waals surface area contributed by atoms with Crippen molar-refractivity contribution in [1.82, 2.24) is 19.9 Å². The fourth-order valence-corrected chi connectivity index (χ4v) is 3.43. The molecular formula is C20H21F3N4OS. The summed E-state index contributed by atoms with van der Waals surface area (Å²) in [6.07, 6.45) is -1.79. The van der Waals surface area contributed by atoms with Crippen molar-refractivity contribution in [3.05, 3.63) is 46.6 Å². The molecule has 0 aliphatic carbocycles. The third kappa shape index (κ3) is 4.50. The summed E-state index contributed by atoms with van der Waals surface area (Å²) in [5.41, 5.74) is 2.50. The Morgan fingerprint density at radius 2 is 1.93 bits per heavy atom. The quantitative estimate of drug-likeness (QED) is 0.592. The van der Waals surface area contributed by atoms with Crippen LogP contribution in [0.3, 0.4) is 0 Å². The standard InChI is InChI=1S/C20H21F3N4OS/c1-11(2)13(4)24-16(28)10-9-15-17(14-8-6-5-7-12(14)3)25-19-27(15)26-18(29-19)20(21,22)23/h5-11,13H,1-4H3,(H,24,28)/b10-9+. The van der Waals surface area contributed by atoms with E-state index in [4.69, 9.17) is 0 Å². The SMILES string of the molecule is Cc1ccccc1-c1nc2sc(C(F)(F)F)nn2c1/C=C/C(=O)NC(C)C(C)C. The molecular weight excluding hydrogens is 401 g/mol. The van der Waals surface area contributed by atoms with Crippen molar-refractivity contribution in [2.45, 2.75) is 39.9 Å². The lowest BCUT2D eigenvalue weighted by molar-refractivity contribution is -0.138. The number of amides is 1. The van der Waals surface area contributed by atoms with Crippen LogP contribution in [0.15, 0.2) is 30.3 Å². The van der Waals surface area contributed by atoms with Crippen LogP contribution in [0.25, 0.3) is 22.3 Å². The predicted octanol–water partition coefficient (Wildman–Crippen LogP) is 4.96. The molecule has 0 saturated carbocycles. The van der Waals surface area contributed by atoms with Gasteiger partial charge in [0.25, 0.3) is 0 Å². The van der Waals surface area contributed by atoms with Crippen molar-refractivity contribution in [2.24, 2.45) is 5.92 Å². The molecule has 154 valence electrons. The van der Waals surface area contributed by atoms with E-state index in [1.165, 1.54) is 12.2 Å². The van der Waals surface area contributed by atoms with Gasteiger partial charge < -0.3 is 5.32 Å². The molecule has 29 heavy (non-hydrogen) atoms. The van der Waals surface area contributed by atoms with Crippen molar-refractivity contribution < 1.29 is 18.0 Å². The average Bonchev–Trinajstić information content (AvgIpc) is 3.18. The van der Waals surface area contributed by atoms with Crippen molar-refractivity contribution in [3.63, 3.8) is 0 Å². The number of aromatic nitrogens is 3. The molecule has 0 aliphatic heterocycles. The molecule has 1 atom stereocenters. The lowest BCUT2D eigenvalue weighted by Crippen LogP contribution is -2.34. The molecule has 0 saturated heterocycles. The number of halogens is 3. The summed E-state index contributed by atoms with van der Waals surface area (Å²) in [7, 11) is 0. The molecule has 0 radical (unpaired) electrons. The van der Waals surface area contributed by atoms with E-state index in [-0.39, 0.29) is 22.8 Å². The summed E-state index contributed by atoms with van der Waals surface area (Å²) < 4.78 is 40.4. The topological polar surface area (TPSA) is 59.3 Å². The second-order valence-corrected chi connectivity index (χ2v) is 8.09. The Morgan fingerprint density at radius 1 is 1.24 bits per heavy atom. The van der Waals surface area contributed by atoms with Gasteiger partial charge in [0.05, 0.1) is 11.4 Å². The Kier molecular flexibility index (Phi) is 5.79. The molecule has 2 heterocycles. The van der Waals surface area contributed by atoms with Crippen LogP contribution in [0, 0.1) is 12.8 Å². The van der Waals surface area contributed by atoms with Crippen molar-refractivity contribution in [3.8, 4) is 11.3 Å². The molecule has 3 rings (SSSR count). The Morgan fingerprint density at radius 3 is 2.55 bits per heavy atom. The molecule has 0 fully saturated rings. The van der Waals surface area contributed by atoms with Gasteiger partial charge in [-0.3, -0.25) is 4.79 Å². The highest BCUT2D eigenvalue weighted by molar-refractivity contribution is 7.16. The molecule has 1 N–H and O–H groups in total. The van der Waals surface area contributed by atoms with Gasteiger partial charge in [-0.05, 0) is 31.4 Å². The highest BCUT2D eigenvalue weighted by Crippen LogP contribution is 2.36. The summed E-state index contributed by atoms with van der Waals surface area (Å²) in [6, 6.07) is 7.39. The largest absolute Gasteiger partial charge is 0.445 e. The number of hydrogen-bond acceptors (Lipinski definition) is 4. The number of carbonyl (C=O) groups excluding carboxylic acids is 1. The van der Waals surface area contributed by atoms with E-state index >= 15 is 0 Å². The Hall–Kier alpha value is -2.68. The Bertz CT molecular complexity index is 1070. The van der Waals surface area contributed by atoms with Gasteiger partial charge in [-0.1, -0.05) is 49.4 Å². The van der Waals surface area contributed by atoms with E-state index in [0.717, 1.165) is 15.6 Å². The first-order valence-electron chi connectivity index (χ1n) is 9.09. The third-order valence-electron chi connectivity index (χ3n) is 4.64. The van der Waals surface area contributed by atoms with Crippen LogP contribution in [0.2, 0.25) is 0 Å². The normalized spacial score (nSPS) is 13.5.